The third-order valence-electron chi connectivity index (χ3n) is 2.70. The number of nitrogens with two attached hydrogens (primary N) is 2. The van der Waals surface area contributed by atoms with Gasteiger partial charge in [0.25, 0.3) is 0 Å². The van der Waals surface area contributed by atoms with Gasteiger partial charge in [-0.25, -0.2) is 18.5 Å². The van der Waals surface area contributed by atoms with E-state index >= 15 is 0 Å². The topological polar surface area (TPSA) is 99.1 Å². The minimum atomic E-state index is -3.42. The van der Waals surface area contributed by atoms with Crippen molar-refractivity contribution in [2.24, 2.45) is 5.14 Å². The van der Waals surface area contributed by atoms with Gasteiger partial charge in [0.2, 0.25) is 10.0 Å². The quantitative estimate of drug-likeness (QED) is 0.876. The van der Waals surface area contributed by atoms with E-state index in [0.29, 0.717) is 12.2 Å². The van der Waals surface area contributed by atoms with Crippen molar-refractivity contribution in [3.05, 3.63) is 48.0 Å². The van der Waals surface area contributed by atoms with Crippen LogP contribution in [0.5, 0.6) is 0 Å². The molecule has 4 N–H and O–H groups in total. The van der Waals surface area contributed by atoms with Crippen molar-refractivity contribution in [3.63, 3.8) is 0 Å². The molecule has 0 saturated heterocycles. The highest BCUT2D eigenvalue weighted by atomic mass is 32.2. The molecule has 0 bridgehead atoms. The SMILES string of the molecule is Nc1cccc(-c2ccc(CCS(N)(=O)=O)cc2)n1. The number of nitrogen functional groups attached to an aromatic ring is 1. The molecule has 1 aromatic carbocycles. The van der Waals surface area contributed by atoms with Gasteiger partial charge in [0.15, 0.2) is 0 Å². The van der Waals surface area contributed by atoms with Crippen molar-refractivity contribution in [1.82, 2.24) is 4.98 Å². The summed E-state index contributed by atoms with van der Waals surface area (Å²) in [6, 6.07) is 12.9. The molecule has 19 heavy (non-hydrogen) atoms. The Balaban J connectivity index is 2.15. The minimum absolute atomic E-state index is 0.0527. The summed E-state index contributed by atoms with van der Waals surface area (Å²) in [5, 5.41) is 4.97. The van der Waals surface area contributed by atoms with Crippen molar-refractivity contribution in [3.8, 4) is 11.3 Å². The Morgan fingerprint density at radius 3 is 2.32 bits per heavy atom. The highest BCUT2D eigenvalue weighted by Crippen LogP contribution is 2.18. The molecule has 0 aliphatic carbocycles. The summed E-state index contributed by atoms with van der Waals surface area (Å²) in [6.45, 7) is 0. The average Bonchev–Trinajstić information content (AvgIpc) is 2.36. The van der Waals surface area contributed by atoms with E-state index in [0.717, 1.165) is 16.8 Å². The van der Waals surface area contributed by atoms with Crippen LogP contribution in [0, 0.1) is 0 Å². The van der Waals surface area contributed by atoms with E-state index in [1.54, 1.807) is 6.07 Å². The van der Waals surface area contributed by atoms with Gasteiger partial charge in [-0.05, 0) is 24.1 Å². The van der Waals surface area contributed by atoms with E-state index in [1.807, 2.05) is 36.4 Å². The predicted octanol–water partition coefficient (Wildman–Crippen LogP) is 1.16. The number of benzene rings is 1. The second kappa shape index (κ2) is 5.38. The van der Waals surface area contributed by atoms with Crippen LogP contribution in [0.4, 0.5) is 5.82 Å². The van der Waals surface area contributed by atoms with Crippen LogP contribution in [-0.4, -0.2) is 19.2 Å². The number of nitrogens with zero attached hydrogens (tertiary/aromatic N) is 1. The molecular formula is C13H15N3O2S. The molecule has 2 rings (SSSR count). The Labute approximate surface area is 112 Å². The van der Waals surface area contributed by atoms with Crippen molar-refractivity contribution >= 4 is 15.8 Å². The Morgan fingerprint density at radius 1 is 1.05 bits per heavy atom. The van der Waals surface area contributed by atoms with Gasteiger partial charge in [-0.2, -0.15) is 0 Å². The molecule has 1 heterocycles. The standard InChI is InChI=1S/C13H15N3O2S/c14-13-3-1-2-12(16-13)11-6-4-10(5-7-11)8-9-19(15,17)18/h1-7H,8-9H2,(H2,14,16)(H2,15,17,18). The average molecular weight is 277 g/mol. The summed E-state index contributed by atoms with van der Waals surface area (Å²) >= 11 is 0. The molecule has 1 aromatic heterocycles. The zero-order chi connectivity index (χ0) is 13.9. The molecule has 0 amide bonds. The van der Waals surface area contributed by atoms with Crippen molar-refractivity contribution < 1.29 is 8.42 Å². The van der Waals surface area contributed by atoms with Crippen molar-refractivity contribution in [2.75, 3.05) is 11.5 Å². The van der Waals surface area contributed by atoms with Gasteiger partial charge in [-0.15, -0.1) is 0 Å². The van der Waals surface area contributed by atoms with Crippen LogP contribution in [0.2, 0.25) is 0 Å². The van der Waals surface area contributed by atoms with E-state index in [4.69, 9.17) is 10.9 Å². The maximum absolute atomic E-state index is 10.9. The first-order valence-corrected chi connectivity index (χ1v) is 7.48. The third-order valence-corrected chi connectivity index (χ3v) is 3.47. The Morgan fingerprint density at radius 2 is 1.74 bits per heavy atom. The second-order valence-corrected chi connectivity index (χ2v) is 6.00. The van der Waals surface area contributed by atoms with E-state index in [9.17, 15) is 8.42 Å². The van der Waals surface area contributed by atoms with Gasteiger partial charge in [-0.1, -0.05) is 30.3 Å². The fourth-order valence-electron chi connectivity index (χ4n) is 1.71. The van der Waals surface area contributed by atoms with Crippen molar-refractivity contribution in [2.45, 2.75) is 6.42 Å². The summed E-state index contributed by atoms with van der Waals surface area (Å²) in [5.41, 5.74) is 8.27. The molecule has 0 fully saturated rings. The summed E-state index contributed by atoms with van der Waals surface area (Å²) in [6.07, 6.45) is 0.406. The van der Waals surface area contributed by atoms with Crippen LogP contribution < -0.4 is 10.9 Å². The van der Waals surface area contributed by atoms with Gasteiger partial charge in [0.05, 0.1) is 11.4 Å². The number of hydrogen-bond acceptors (Lipinski definition) is 4. The summed E-state index contributed by atoms with van der Waals surface area (Å²) in [7, 11) is -3.42. The van der Waals surface area contributed by atoms with E-state index in [2.05, 4.69) is 4.98 Å². The van der Waals surface area contributed by atoms with Crippen molar-refractivity contribution in [1.29, 1.82) is 0 Å². The molecule has 6 heteroatoms. The molecule has 0 saturated carbocycles. The smallest absolute Gasteiger partial charge is 0.209 e. The first kappa shape index (κ1) is 13.5. The second-order valence-electron chi connectivity index (χ2n) is 4.26. The third kappa shape index (κ3) is 4.04. The minimum Gasteiger partial charge on any atom is -0.384 e. The van der Waals surface area contributed by atoms with Gasteiger partial charge in [-0.3, -0.25) is 0 Å². The van der Waals surface area contributed by atoms with E-state index in [-0.39, 0.29) is 5.75 Å². The predicted molar refractivity (Wildman–Crippen MR) is 75.8 cm³/mol. The van der Waals surface area contributed by atoms with Crippen LogP contribution in [0.3, 0.4) is 0 Å². The zero-order valence-corrected chi connectivity index (χ0v) is 11.1. The van der Waals surface area contributed by atoms with E-state index in [1.165, 1.54) is 0 Å². The summed E-state index contributed by atoms with van der Waals surface area (Å²) < 4.78 is 21.8. The fourth-order valence-corrected chi connectivity index (χ4v) is 2.23. The van der Waals surface area contributed by atoms with Crippen LogP contribution >= 0.6 is 0 Å². The molecule has 0 atom stereocenters. The Kier molecular flexibility index (Phi) is 3.82. The number of aromatic nitrogens is 1. The Bertz CT molecular complexity index is 667. The lowest BCUT2D eigenvalue weighted by Crippen LogP contribution is -2.17. The van der Waals surface area contributed by atoms with Gasteiger partial charge in [0, 0.05) is 5.56 Å². The largest absolute Gasteiger partial charge is 0.384 e. The highest BCUT2D eigenvalue weighted by Gasteiger charge is 2.04. The van der Waals surface area contributed by atoms with Crippen LogP contribution in [0.1, 0.15) is 5.56 Å². The van der Waals surface area contributed by atoms with Gasteiger partial charge in [0.1, 0.15) is 5.82 Å². The molecule has 0 radical (unpaired) electrons. The molecule has 0 spiro atoms. The molecule has 2 aromatic rings. The van der Waals surface area contributed by atoms with Crippen LogP contribution in [-0.2, 0) is 16.4 Å². The summed E-state index contributed by atoms with van der Waals surface area (Å²) in [4.78, 5) is 4.22. The molecule has 100 valence electrons. The fraction of sp³-hybridized carbons (Fsp3) is 0.154. The maximum atomic E-state index is 10.9. The zero-order valence-electron chi connectivity index (χ0n) is 10.3. The number of sulfonamides is 1. The summed E-state index contributed by atoms with van der Waals surface area (Å²) in [5.74, 6) is 0.416. The molecule has 0 aliphatic heterocycles. The number of rotatable bonds is 4. The molecule has 0 unspecified atom stereocenters. The normalized spacial score (nSPS) is 11.4. The maximum Gasteiger partial charge on any atom is 0.209 e. The number of anilines is 1. The number of primary sulfonamides is 1. The van der Waals surface area contributed by atoms with Crippen LogP contribution in [0.15, 0.2) is 42.5 Å². The lowest BCUT2D eigenvalue weighted by atomic mass is 10.1. The molecule has 0 aliphatic rings. The first-order chi connectivity index (χ1) is 8.94. The number of pyridine rings is 1. The molecule has 5 nitrogen and oxygen atoms in total. The lowest BCUT2D eigenvalue weighted by molar-refractivity contribution is 0.597. The van der Waals surface area contributed by atoms with Gasteiger partial charge >= 0.3 is 0 Å². The van der Waals surface area contributed by atoms with Crippen LogP contribution in [0.25, 0.3) is 11.3 Å². The highest BCUT2D eigenvalue weighted by molar-refractivity contribution is 7.89. The lowest BCUT2D eigenvalue weighted by Gasteiger charge is -2.04. The monoisotopic (exact) mass is 277 g/mol. The Hall–Kier alpha value is -1.92. The number of hydrogen-bond donors (Lipinski definition) is 2. The van der Waals surface area contributed by atoms with Gasteiger partial charge < -0.3 is 5.73 Å². The number of aryl methyl sites for hydroxylation is 1. The first-order valence-electron chi connectivity index (χ1n) is 5.76. The van der Waals surface area contributed by atoms with E-state index < -0.39 is 10.0 Å². The molecular weight excluding hydrogens is 262 g/mol.